The van der Waals surface area contributed by atoms with Crippen LogP contribution in [-0.2, 0) is 17.6 Å². The third kappa shape index (κ3) is 9.17. The monoisotopic (exact) mass is 518 g/mol. The highest BCUT2D eigenvalue weighted by molar-refractivity contribution is 6.30. The average molecular weight is 519 g/mol. The summed E-state index contributed by atoms with van der Waals surface area (Å²) < 4.78 is 11.1. The van der Waals surface area contributed by atoms with Gasteiger partial charge in [-0.05, 0) is 91.8 Å². The van der Waals surface area contributed by atoms with Crippen molar-refractivity contribution in [3.8, 4) is 35.5 Å². The van der Waals surface area contributed by atoms with Crippen LogP contribution in [0.25, 0.3) is 11.1 Å². The molecule has 0 saturated carbocycles. The Labute approximate surface area is 225 Å². The van der Waals surface area contributed by atoms with Gasteiger partial charge in [0.15, 0.2) is 11.5 Å². The third-order valence-corrected chi connectivity index (χ3v) is 6.51. The minimum Gasteiger partial charge on any atom is -0.486 e. The summed E-state index contributed by atoms with van der Waals surface area (Å²) in [5.41, 5.74) is 9.61. The van der Waals surface area contributed by atoms with Crippen molar-refractivity contribution in [3.63, 3.8) is 0 Å². The Morgan fingerprint density at radius 3 is 2.03 bits per heavy atom. The SMILES string of the molecule is C#C.NC(=O)Cc1ccc(-c2ccc(Cl)cc2)cc1.c1cc2c(cc1CCCN1CCCC1)OCCO2. The van der Waals surface area contributed by atoms with Crippen molar-refractivity contribution in [2.45, 2.75) is 32.1 Å². The average Bonchev–Trinajstić information content (AvgIpc) is 3.44. The van der Waals surface area contributed by atoms with Gasteiger partial charge in [-0.25, -0.2) is 0 Å². The van der Waals surface area contributed by atoms with E-state index in [0.29, 0.717) is 13.2 Å². The molecule has 2 aliphatic heterocycles. The summed E-state index contributed by atoms with van der Waals surface area (Å²) in [6.07, 6.45) is 13.4. The van der Waals surface area contributed by atoms with Gasteiger partial charge in [-0.1, -0.05) is 54.1 Å². The summed E-state index contributed by atoms with van der Waals surface area (Å²) in [6, 6.07) is 21.8. The zero-order valence-corrected chi connectivity index (χ0v) is 22.0. The third-order valence-electron chi connectivity index (χ3n) is 6.25. The Morgan fingerprint density at radius 1 is 0.838 bits per heavy atom. The van der Waals surface area contributed by atoms with Crippen molar-refractivity contribution < 1.29 is 14.3 Å². The lowest BCUT2D eigenvalue weighted by Gasteiger charge is -2.19. The van der Waals surface area contributed by atoms with E-state index in [0.717, 1.165) is 39.6 Å². The molecule has 1 saturated heterocycles. The summed E-state index contributed by atoms with van der Waals surface area (Å²) >= 11 is 5.83. The van der Waals surface area contributed by atoms with Crippen LogP contribution in [0.5, 0.6) is 11.5 Å². The van der Waals surface area contributed by atoms with Crippen LogP contribution in [0, 0.1) is 12.8 Å². The predicted molar refractivity (Wildman–Crippen MR) is 151 cm³/mol. The minimum absolute atomic E-state index is 0.279. The molecule has 194 valence electrons. The van der Waals surface area contributed by atoms with Crippen LogP contribution in [0.4, 0.5) is 0 Å². The number of primary amides is 1. The molecule has 0 atom stereocenters. The van der Waals surface area contributed by atoms with Crippen LogP contribution in [0.15, 0.2) is 66.7 Å². The number of fused-ring (bicyclic) bond motifs is 1. The lowest BCUT2D eigenvalue weighted by atomic mass is 10.0. The highest BCUT2D eigenvalue weighted by Gasteiger charge is 2.13. The van der Waals surface area contributed by atoms with E-state index in [1.165, 1.54) is 44.5 Å². The number of carbonyl (C=O) groups excluding carboxylic acids is 1. The number of aryl methyl sites for hydroxylation is 1. The van der Waals surface area contributed by atoms with Crippen LogP contribution in [0.3, 0.4) is 0 Å². The van der Waals surface area contributed by atoms with E-state index in [1.54, 1.807) is 0 Å². The van der Waals surface area contributed by atoms with Gasteiger partial charge >= 0.3 is 0 Å². The smallest absolute Gasteiger partial charge is 0.221 e. The van der Waals surface area contributed by atoms with Gasteiger partial charge in [0, 0.05) is 5.02 Å². The Kier molecular flexibility index (Phi) is 11.4. The van der Waals surface area contributed by atoms with Gasteiger partial charge in [-0.3, -0.25) is 4.79 Å². The topological polar surface area (TPSA) is 64.8 Å². The molecule has 3 aromatic rings. The molecule has 0 spiro atoms. The van der Waals surface area contributed by atoms with Crippen LogP contribution < -0.4 is 15.2 Å². The van der Waals surface area contributed by atoms with Crippen molar-refractivity contribution in [2.75, 3.05) is 32.8 Å². The maximum absolute atomic E-state index is 10.8. The molecule has 37 heavy (non-hydrogen) atoms. The standard InChI is InChI=1S/C15H21NO2.C14H12ClNO.C2H2/c1-2-8-16(7-1)9-3-4-13-5-6-14-15(12-13)18-11-10-17-14;15-13-7-5-12(6-8-13)11-3-1-10(2-4-11)9-14(16)17;1-2/h5-6,12H,1-4,7-11H2;1-8H,9H2,(H2,16,17);1-2H. The summed E-state index contributed by atoms with van der Waals surface area (Å²) in [5, 5.41) is 0.721. The van der Waals surface area contributed by atoms with Gasteiger partial charge < -0.3 is 20.1 Å². The maximum atomic E-state index is 10.8. The highest BCUT2D eigenvalue weighted by Crippen LogP contribution is 2.31. The second kappa shape index (κ2) is 14.9. The molecular weight excluding hydrogens is 484 g/mol. The summed E-state index contributed by atoms with van der Waals surface area (Å²) in [4.78, 5) is 13.3. The van der Waals surface area contributed by atoms with Gasteiger partial charge in [0.2, 0.25) is 5.91 Å². The van der Waals surface area contributed by atoms with Crippen LogP contribution in [0.1, 0.15) is 30.4 Å². The second-order valence-electron chi connectivity index (χ2n) is 8.98. The van der Waals surface area contributed by atoms with Crippen LogP contribution >= 0.6 is 11.6 Å². The number of rotatable bonds is 7. The second-order valence-corrected chi connectivity index (χ2v) is 9.41. The number of benzene rings is 3. The van der Waals surface area contributed by atoms with Gasteiger partial charge in [0.05, 0.1) is 6.42 Å². The Morgan fingerprint density at radius 2 is 1.41 bits per heavy atom. The quantitative estimate of drug-likeness (QED) is 0.403. The van der Waals surface area contributed by atoms with Gasteiger partial charge in [0.25, 0.3) is 0 Å². The number of ether oxygens (including phenoxy) is 2. The fourth-order valence-corrected chi connectivity index (χ4v) is 4.54. The summed E-state index contributed by atoms with van der Waals surface area (Å²) in [5.74, 6) is 1.49. The van der Waals surface area contributed by atoms with Gasteiger partial charge in [0.1, 0.15) is 13.2 Å². The Hall–Kier alpha value is -3.46. The van der Waals surface area contributed by atoms with E-state index >= 15 is 0 Å². The molecule has 2 heterocycles. The van der Waals surface area contributed by atoms with Crippen molar-refractivity contribution in [3.05, 3.63) is 82.9 Å². The summed E-state index contributed by atoms with van der Waals surface area (Å²) in [7, 11) is 0. The molecule has 3 aromatic carbocycles. The number of carbonyl (C=O) groups is 1. The fraction of sp³-hybridized carbons (Fsp3) is 0.323. The number of nitrogens with zero attached hydrogens (tertiary/aromatic N) is 1. The van der Waals surface area contributed by atoms with Crippen LogP contribution in [0.2, 0.25) is 5.02 Å². The molecule has 2 aliphatic rings. The number of terminal acetylenes is 1. The van der Waals surface area contributed by atoms with Gasteiger partial charge in [-0.15, -0.1) is 12.8 Å². The zero-order valence-electron chi connectivity index (χ0n) is 21.2. The molecule has 5 rings (SSSR count). The number of likely N-dealkylation sites (tertiary alicyclic amines) is 1. The molecule has 0 aromatic heterocycles. The first-order valence-electron chi connectivity index (χ1n) is 12.6. The van der Waals surface area contributed by atoms with E-state index in [4.69, 9.17) is 26.8 Å². The molecule has 0 bridgehead atoms. The van der Waals surface area contributed by atoms with E-state index in [1.807, 2.05) is 54.6 Å². The largest absolute Gasteiger partial charge is 0.486 e. The maximum Gasteiger partial charge on any atom is 0.221 e. The first kappa shape index (κ1) is 28.1. The molecule has 1 amide bonds. The first-order chi connectivity index (χ1) is 18.1. The predicted octanol–water partition coefficient (Wildman–Crippen LogP) is 5.77. The van der Waals surface area contributed by atoms with Gasteiger partial charge in [-0.2, -0.15) is 0 Å². The Bertz CT molecular complexity index is 1140. The van der Waals surface area contributed by atoms with E-state index < -0.39 is 0 Å². The lowest BCUT2D eigenvalue weighted by Crippen LogP contribution is -2.20. The van der Waals surface area contributed by atoms with Crippen molar-refractivity contribution in [1.29, 1.82) is 0 Å². The molecule has 0 aliphatic carbocycles. The lowest BCUT2D eigenvalue weighted by molar-refractivity contribution is -0.117. The number of hydrogen-bond acceptors (Lipinski definition) is 4. The highest BCUT2D eigenvalue weighted by atomic mass is 35.5. The molecule has 5 nitrogen and oxygen atoms in total. The number of hydrogen-bond donors (Lipinski definition) is 1. The minimum atomic E-state index is -0.316. The van der Waals surface area contributed by atoms with Crippen molar-refractivity contribution in [1.82, 2.24) is 4.90 Å². The van der Waals surface area contributed by atoms with Crippen molar-refractivity contribution in [2.24, 2.45) is 5.73 Å². The molecule has 6 heteroatoms. The van der Waals surface area contributed by atoms with E-state index in [9.17, 15) is 4.79 Å². The normalized spacial score (nSPS) is 14.0. The van der Waals surface area contributed by atoms with E-state index in [-0.39, 0.29) is 12.3 Å². The fourth-order valence-electron chi connectivity index (χ4n) is 4.41. The zero-order chi connectivity index (χ0) is 26.5. The number of amides is 1. The summed E-state index contributed by atoms with van der Waals surface area (Å²) in [6.45, 7) is 5.16. The molecule has 2 N–H and O–H groups in total. The molecule has 0 unspecified atom stereocenters. The Balaban J connectivity index is 0.000000193. The van der Waals surface area contributed by atoms with E-state index in [2.05, 4.69) is 29.9 Å². The van der Waals surface area contributed by atoms with Crippen molar-refractivity contribution >= 4 is 17.5 Å². The molecule has 0 radical (unpaired) electrons. The number of nitrogens with two attached hydrogens (primary N) is 1. The molecular formula is C31H35ClN2O3. The molecule has 1 fully saturated rings. The first-order valence-corrected chi connectivity index (χ1v) is 13.0. The number of halogens is 1. The van der Waals surface area contributed by atoms with Crippen LogP contribution in [-0.4, -0.2) is 43.7 Å².